The van der Waals surface area contributed by atoms with Gasteiger partial charge in [0.1, 0.15) is 0 Å². The molecule has 0 atom stereocenters. The minimum Gasteiger partial charge on any atom is -0.379 e. The first-order valence-electron chi connectivity index (χ1n) is 8.46. The average Bonchev–Trinajstić information content (AvgIpc) is 2.41. The summed E-state index contributed by atoms with van der Waals surface area (Å²) in [4.78, 5) is 0. The SMILES string of the molecule is CC(C)NCCOCCOCCOCCOCCC(C)(C)C. The van der Waals surface area contributed by atoms with Gasteiger partial charge in [-0.25, -0.2) is 0 Å². The van der Waals surface area contributed by atoms with Gasteiger partial charge in [-0.3, -0.25) is 0 Å². The Morgan fingerprint density at radius 2 is 1.09 bits per heavy atom. The fraction of sp³-hybridized carbons (Fsp3) is 1.00. The molecule has 0 saturated carbocycles. The monoisotopic (exact) mass is 319 g/mol. The van der Waals surface area contributed by atoms with Crippen LogP contribution in [0.4, 0.5) is 0 Å². The Kier molecular flexibility index (Phi) is 14.3. The largest absolute Gasteiger partial charge is 0.379 e. The van der Waals surface area contributed by atoms with Gasteiger partial charge in [0, 0.05) is 19.2 Å². The molecule has 1 N–H and O–H groups in total. The van der Waals surface area contributed by atoms with Gasteiger partial charge >= 0.3 is 0 Å². The van der Waals surface area contributed by atoms with Gasteiger partial charge < -0.3 is 24.3 Å². The molecule has 0 radical (unpaired) electrons. The van der Waals surface area contributed by atoms with E-state index in [1.54, 1.807) is 0 Å². The molecule has 0 heterocycles. The molecule has 0 rings (SSSR count). The third-order valence-corrected chi connectivity index (χ3v) is 2.91. The lowest BCUT2D eigenvalue weighted by atomic mass is 9.93. The number of rotatable bonds is 15. The summed E-state index contributed by atoms with van der Waals surface area (Å²) in [6.45, 7) is 17.1. The molecular weight excluding hydrogens is 282 g/mol. The van der Waals surface area contributed by atoms with Crippen molar-refractivity contribution >= 4 is 0 Å². The maximum Gasteiger partial charge on any atom is 0.0701 e. The van der Waals surface area contributed by atoms with Crippen molar-refractivity contribution in [2.75, 3.05) is 59.4 Å². The topological polar surface area (TPSA) is 49.0 Å². The Bertz CT molecular complexity index is 229. The number of ether oxygens (including phenoxy) is 4. The Labute approximate surface area is 137 Å². The maximum absolute atomic E-state index is 5.52. The summed E-state index contributed by atoms with van der Waals surface area (Å²) >= 11 is 0. The van der Waals surface area contributed by atoms with E-state index in [9.17, 15) is 0 Å². The van der Waals surface area contributed by atoms with Crippen molar-refractivity contribution in [2.45, 2.75) is 47.1 Å². The summed E-state index contributed by atoms with van der Waals surface area (Å²) in [5, 5.41) is 3.30. The summed E-state index contributed by atoms with van der Waals surface area (Å²) < 4.78 is 21.8. The van der Waals surface area contributed by atoms with Crippen molar-refractivity contribution in [2.24, 2.45) is 5.41 Å². The minimum absolute atomic E-state index is 0.335. The lowest BCUT2D eigenvalue weighted by Gasteiger charge is -2.17. The van der Waals surface area contributed by atoms with E-state index >= 15 is 0 Å². The molecule has 0 aromatic carbocycles. The summed E-state index contributed by atoms with van der Waals surface area (Å²) in [7, 11) is 0. The van der Waals surface area contributed by atoms with Crippen molar-refractivity contribution < 1.29 is 18.9 Å². The van der Waals surface area contributed by atoms with Crippen LogP contribution in [0.3, 0.4) is 0 Å². The molecule has 0 spiro atoms. The molecule has 0 aromatic heterocycles. The second kappa shape index (κ2) is 14.4. The van der Waals surface area contributed by atoms with Crippen LogP contribution < -0.4 is 5.32 Å². The fourth-order valence-corrected chi connectivity index (χ4v) is 1.56. The van der Waals surface area contributed by atoms with Gasteiger partial charge in [0.05, 0.1) is 46.2 Å². The van der Waals surface area contributed by atoms with E-state index < -0.39 is 0 Å². The van der Waals surface area contributed by atoms with E-state index in [-0.39, 0.29) is 0 Å². The second-order valence-corrected chi connectivity index (χ2v) is 6.87. The Balaban J connectivity index is 3.03. The van der Waals surface area contributed by atoms with Crippen LogP contribution in [0.2, 0.25) is 0 Å². The van der Waals surface area contributed by atoms with E-state index in [0.717, 1.165) is 26.2 Å². The number of nitrogens with one attached hydrogen (secondary N) is 1. The van der Waals surface area contributed by atoms with E-state index in [2.05, 4.69) is 39.9 Å². The smallest absolute Gasteiger partial charge is 0.0701 e. The molecule has 134 valence electrons. The maximum atomic E-state index is 5.52. The second-order valence-electron chi connectivity index (χ2n) is 6.87. The Morgan fingerprint density at radius 3 is 1.50 bits per heavy atom. The lowest BCUT2D eigenvalue weighted by Crippen LogP contribution is -2.27. The summed E-state index contributed by atoms with van der Waals surface area (Å²) in [6.07, 6.45) is 1.07. The van der Waals surface area contributed by atoms with E-state index in [1.165, 1.54) is 0 Å². The van der Waals surface area contributed by atoms with Gasteiger partial charge in [-0.1, -0.05) is 34.6 Å². The standard InChI is InChI=1S/C17H37NO4/c1-16(2)18-7-9-20-11-13-22-15-14-21-12-10-19-8-6-17(3,4)5/h16,18H,6-15H2,1-5H3. The molecular formula is C17H37NO4. The predicted octanol–water partition coefficient (Wildman–Crippen LogP) is 2.49. The average molecular weight is 319 g/mol. The first kappa shape index (κ1) is 21.8. The Morgan fingerprint density at radius 1 is 0.682 bits per heavy atom. The molecule has 0 bridgehead atoms. The van der Waals surface area contributed by atoms with Gasteiger partial charge in [-0.2, -0.15) is 0 Å². The highest BCUT2D eigenvalue weighted by molar-refractivity contribution is 4.59. The molecule has 22 heavy (non-hydrogen) atoms. The lowest BCUT2D eigenvalue weighted by molar-refractivity contribution is -0.00379. The molecule has 0 aromatic rings. The van der Waals surface area contributed by atoms with Gasteiger partial charge in [-0.05, 0) is 11.8 Å². The summed E-state index contributed by atoms with van der Waals surface area (Å²) in [5.74, 6) is 0. The van der Waals surface area contributed by atoms with Gasteiger partial charge in [0.2, 0.25) is 0 Å². The summed E-state index contributed by atoms with van der Waals surface area (Å²) in [5.41, 5.74) is 0.335. The highest BCUT2D eigenvalue weighted by atomic mass is 16.6. The van der Waals surface area contributed by atoms with Crippen LogP contribution in [-0.2, 0) is 18.9 Å². The van der Waals surface area contributed by atoms with Gasteiger partial charge in [-0.15, -0.1) is 0 Å². The molecule has 0 saturated heterocycles. The first-order chi connectivity index (χ1) is 10.4. The van der Waals surface area contributed by atoms with E-state index in [4.69, 9.17) is 18.9 Å². The fourth-order valence-electron chi connectivity index (χ4n) is 1.56. The quantitative estimate of drug-likeness (QED) is 0.470. The predicted molar refractivity (Wildman–Crippen MR) is 90.5 cm³/mol. The van der Waals surface area contributed by atoms with Crippen LogP contribution >= 0.6 is 0 Å². The first-order valence-corrected chi connectivity index (χ1v) is 8.46. The molecule has 0 aliphatic carbocycles. The zero-order chi connectivity index (χ0) is 16.7. The van der Waals surface area contributed by atoms with Crippen LogP contribution in [-0.4, -0.2) is 65.4 Å². The third-order valence-electron chi connectivity index (χ3n) is 2.91. The molecule has 0 fully saturated rings. The van der Waals surface area contributed by atoms with Crippen LogP contribution in [0.5, 0.6) is 0 Å². The van der Waals surface area contributed by atoms with E-state index in [0.29, 0.717) is 51.1 Å². The zero-order valence-corrected chi connectivity index (χ0v) is 15.3. The normalized spacial score (nSPS) is 12.3. The molecule has 0 unspecified atom stereocenters. The molecule has 0 aliphatic heterocycles. The number of hydrogen-bond donors (Lipinski definition) is 1. The molecule has 0 amide bonds. The zero-order valence-electron chi connectivity index (χ0n) is 15.3. The molecule has 5 heteroatoms. The van der Waals surface area contributed by atoms with Crippen molar-refractivity contribution in [3.05, 3.63) is 0 Å². The van der Waals surface area contributed by atoms with Crippen molar-refractivity contribution in [3.8, 4) is 0 Å². The van der Waals surface area contributed by atoms with Gasteiger partial charge in [0.15, 0.2) is 0 Å². The van der Waals surface area contributed by atoms with Crippen LogP contribution in [0.15, 0.2) is 0 Å². The highest BCUT2D eigenvalue weighted by Gasteiger charge is 2.08. The van der Waals surface area contributed by atoms with Crippen molar-refractivity contribution in [3.63, 3.8) is 0 Å². The third kappa shape index (κ3) is 19.8. The van der Waals surface area contributed by atoms with Gasteiger partial charge in [0.25, 0.3) is 0 Å². The molecule has 0 aliphatic rings. The number of hydrogen-bond acceptors (Lipinski definition) is 5. The Hall–Kier alpha value is -0.200. The van der Waals surface area contributed by atoms with Crippen LogP contribution in [0, 0.1) is 5.41 Å². The van der Waals surface area contributed by atoms with Crippen molar-refractivity contribution in [1.82, 2.24) is 5.32 Å². The van der Waals surface area contributed by atoms with E-state index in [1.807, 2.05) is 0 Å². The highest BCUT2D eigenvalue weighted by Crippen LogP contribution is 2.17. The van der Waals surface area contributed by atoms with Crippen molar-refractivity contribution in [1.29, 1.82) is 0 Å². The minimum atomic E-state index is 0.335. The summed E-state index contributed by atoms with van der Waals surface area (Å²) in [6, 6.07) is 0.509. The van der Waals surface area contributed by atoms with Crippen LogP contribution in [0.25, 0.3) is 0 Å². The van der Waals surface area contributed by atoms with Crippen LogP contribution in [0.1, 0.15) is 41.0 Å². The molecule has 5 nitrogen and oxygen atoms in total.